The molecule has 136 valence electrons. The van der Waals surface area contributed by atoms with Crippen LogP contribution in [-0.4, -0.2) is 27.0 Å². The summed E-state index contributed by atoms with van der Waals surface area (Å²) in [7, 11) is 0. The Morgan fingerprint density at radius 1 is 1.11 bits per heavy atom. The smallest absolute Gasteiger partial charge is 0.226 e. The van der Waals surface area contributed by atoms with E-state index in [4.69, 9.17) is 0 Å². The van der Waals surface area contributed by atoms with Crippen LogP contribution >= 0.6 is 11.3 Å². The Hall–Kier alpha value is -2.99. The SMILES string of the molecule is O=C(Cc1csc(-c2ccccn2)n1)NCCCn1ccc2ccccc21. The number of para-hydroxylation sites is 1. The molecule has 0 radical (unpaired) electrons. The minimum Gasteiger partial charge on any atom is -0.356 e. The maximum atomic E-state index is 12.2. The van der Waals surface area contributed by atoms with E-state index in [1.165, 1.54) is 22.2 Å². The number of aromatic nitrogens is 3. The fraction of sp³-hybridized carbons (Fsp3) is 0.190. The molecule has 0 fully saturated rings. The molecule has 0 saturated carbocycles. The molecule has 3 heterocycles. The maximum absolute atomic E-state index is 12.2. The van der Waals surface area contributed by atoms with Crippen molar-refractivity contribution in [3.63, 3.8) is 0 Å². The molecule has 0 atom stereocenters. The first-order chi connectivity index (χ1) is 13.3. The van der Waals surface area contributed by atoms with Crippen LogP contribution in [0, 0.1) is 0 Å². The molecule has 5 nitrogen and oxygen atoms in total. The lowest BCUT2D eigenvalue weighted by Crippen LogP contribution is -2.26. The molecule has 0 spiro atoms. The maximum Gasteiger partial charge on any atom is 0.226 e. The molecular weight excluding hydrogens is 356 g/mol. The third kappa shape index (κ3) is 4.23. The molecule has 1 aromatic carbocycles. The zero-order chi connectivity index (χ0) is 18.5. The lowest BCUT2D eigenvalue weighted by Gasteiger charge is -2.07. The Bertz CT molecular complexity index is 1040. The molecule has 4 rings (SSSR count). The third-order valence-electron chi connectivity index (χ3n) is 4.36. The van der Waals surface area contributed by atoms with Gasteiger partial charge in [-0.15, -0.1) is 11.3 Å². The number of carbonyl (C=O) groups is 1. The van der Waals surface area contributed by atoms with E-state index in [1.807, 2.05) is 35.7 Å². The summed E-state index contributed by atoms with van der Waals surface area (Å²) in [6, 6.07) is 16.2. The van der Waals surface area contributed by atoms with Crippen molar-refractivity contribution >= 4 is 28.1 Å². The van der Waals surface area contributed by atoms with Crippen LogP contribution in [0.15, 0.2) is 66.3 Å². The van der Waals surface area contributed by atoms with Gasteiger partial charge in [-0.25, -0.2) is 4.98 Å². The molecule has 4 aromatic rings. The van der Waals surface area contributed by atoms with E-state index in [1.54, 1.807) is 6.20 Å². The van der Waals surface area contributed by atoms with Crippen LogP contribution < -0.4 is 5.32 Å². The fourth-order valence-corrected chi connectivity index (χ4v) is 3.83. The quantitative estimate of drug-likeness (QED) is 0.498. The van der Waals surface area contributed by atoms with E-state index >= 15 is 0 Å². The number of amides is 1. The lowest BCUT2D eigenvalue weighted by atomic mass is 10.2. The zero-order valence-corrected chi connectivity index (χ0v) is 15.7. The van der Waals surface area contributed by atoms with Crippen molar-refractivity contribution in [3.05, 3.63) is 72.0 Å². The summed E-state index contributed by atoms with van der Waals surface area (Å²) in [4.78, 5) is 21.0. The number of thiazole rings is 1. The van der Waals surface area contributed by atoms with Crippen molar-refractivity contribution in [2.45, 2.75) is 19.4 Å². The van der Waals surface area contributed by atoms with Crippen LogP contribution in [0.25, 0.3) is 21.6 Å². The Morgan fingerprint density at radius 2 is 2.00 bits per heavy atom. The van der Waals surface area contributed by atoms with E-state index in [-0.39, 0.29) is 5.91 Å². The standard InChI is InChI=1S/C21H20N4OS/c26-20(14-17-15-27-21(24-17)18-7-3-4-10-22-18)23-11-5-12-25-13-9-16-6-1-2-8-19(16)25/h1-4,6-10,13,15H,5,11-12,14H2,(H,23,26). The van der Waals surface area contributed by atoms with E-state index in [2.05, 4.69) is 44.2 Å². The largest absolute Gasteiger partial charge is 0.356 e. The number of fused-ring (bicyclic) bond motifs is 1. The van der Waals surface area contributed by atoms with Gasteiger partial charge in [-0.2, -0.15) is 0 Å². The van der Waals surface area contributed by atoms with Gasteiger partial charge in [0.25, 0.3) is 0 Å². The summed E-state index contributed by atoms with van der Waals surface area (Å²) in [5, 5.41) is 7.00. The van der Waals surface area contributed by atoms with Gasteiger partial charge in [0.15, 0.2) is 0 Å². The number of nitrogens with one attached hydrogen (secondary N) is 1. The Morgan fingerprint density at radius 3 is 2.89 bits per heavy atom. The number of benzene rings is 1. The number of rotatable bonds is 7. The summed E-state index contributed by atoms with van der Waals surface area (Å²) in [6.07, 6.45) is 5.04. The first-order valence-electron chi connectivity index (χ1n) is 8.96. The van der Waals surface area contributed by atoms with Gasteiger partial charge >= 0.3 is 0 Å². The minimum absolute atomic E-state index is 0.00485. The first-order valence-corrected chi connectivity index (χ1v) is 9.84. The Kier molecular flexibility index (Phi) is 5.25. The third-order valence-corrected chi connectivity index (χ3v) is 5.27. The molecule has 1 N–H and O–H groups in total. The molecular formula is C21H20N4OS. The summed E-state index contributed by atoms with van der Waals surface area (Å²) in [5.74, 6) is 0.00485. The van der Waals surface area contributed by atoms with Gasteiger partial charge in [0.1, 0.15) is 5.01 Å². The fourth-order valence-electron chi connectivity index (χ4n) is 3.03. The van der Waals surface area contributed by atoms with Crippen LogP contribution in [0.1, 0.15) is 12.1 Å². The highest BCUT2D eigenvalue weighted by Gasteiger charge is 2.09. The normalized spacial score (nSPS) is 11.0. The van der Waals surface area contributed by atoms with Gasteiger partial charge in [-0.3, -0.25) is 9.78 Å². The molecule has 0 bridgehead atoms. The van der Waals surface area contributed by atoms with Crippen LogP contribution in [0.5, 0.6) is 0 Å². The molecule has 0 aliphatic carbocycles. The van der Waals surface area contributed by atoms with E-state index in [0.29, 0.717) is 13.0 Å². The Labute approximate surface area is 161 Å². The van der Waals surface area contributed by atoms with Gasteiger partial charge in [-0.1, -0.05) is 24.3 Å². The summed E-state index contributed by atoms with van der Waals surface area (Å²) < 4.78 is 2.22. The number of hydrogen-bond acceptors (Lipinski definition) is 4. The van der Waals surface area contributed by atoms with Crippen LogP contribution in [0.3, 0.4) is 0 Å². The summed E-state index contributed by atoms with van der Waals surface area (Å²) in [6.45, 7) is 1.54. The topological polar surface area (TPSA) is 59.8 Å². The second kappa shape index (κ2) is 8.14. The highest BCUT2D eigenvalue weighted by molar-refractivity contribution is 7.13. The van der Waals surface area contributed by atoms with Crippen molar-refractivity contribution < 1.29 is 4.79 Å². The molecule has 0 saturated heterocycles. The summed E-state index contributed by atoms with van der Waals surface area (Å²) in [5.41, 5.74) is 2.86. The van der Waals surface area contributed by atoms with Gasteiger partial charge < -0.3 is 9.88 Å². The predicted molar refractivity (Wildman–Crippen MR) is 109 cm³/mol. The molecule has 0 unspecified atom stereocenters. The van der Waals surface area contributed by atoms with Crippen molar-refractivity contribution in [2.75, 3.05) is 6.54 Å². The van der Waals surface area contributed by atoms with E-state index < -0.39 is 0 Å². The molecule has 1 amide bonds. The van der Waals surface area contributed by atoms with Gasteiger partial charge in [-0.05, 0) is 36.1 Å². The first kappa shape index (κ1) is 17.4. The lowest BCUT2D eigenvalue weighted by molar-refractivity contribution is -0.120. The molecule has 3 aromatic heterocycles. The number of hydrogen-bond donors (Lipinski definition) is 1. The van der Waals surface area contributed by atoms with Crippen LogP contribution in [0.4, 0.5) is 0 Å². The van der Waals surface area contributed by atoms with Crippen molar-refractivity contribution in [1.29, 1.82) is 0 Å². The molecule has 27 heavy (non-hydrogen) atoms. The number of aryl methyl sites for hydroxylation is 1. The predicted octanol–water partition coefficient (Wildman–Crippen LogP) is 3.91. The minimum atomic E-state index is 0.00485. The van der Waals surface area contributed by atoms with Gasteiger partial charge in [0.2, 0.25) is 5.91 Å². The monoisotopic (exact) mass is 376 g/mol. The molecule has 6 heteroatoms. The number of nitrogens with zero attached hydrogens (tertiary/aromatic N) is 3. The van der Waals surface area contributed by atoms with E-state index in [9.17, 15) is 4.79 Å². The zero-order valence-electron chi connectivity index (χ0n) is 14.8. The Balaban J connectivity index is 1.25. The van der Waals surface area contributed by atoms with Crippen LogP contribution in [0.2, 0.25) is 0 Å². The van der Waals surface area contributed by atoms with Crippen molar-refractivity contribution in [2.24, 2.45) is 0 Å². The van der Waals surface area contributed by atoms with Crippen molar-refractivity contribution in [3.8, 4) is 10.7 Å². The van der Waals surface area contributed by atoms with Gasteiger partial charge in [0, 0.05) is 36.4 Å². The summed E-state index contributed by atoms with van der Waals surface area (Å²) >= 11 is 1.52. The highest BCUT2D eigenvalue weighted by atomic mass is 32.1. The average molecular weight is 376 g/mol. The second-order valence-corrected chi connectivity index (χ2v) is 7.17. The highest BCUT2D eigenvalue weighted by Crippen LogP contribution is 2.21. The molecule has 0 aliphatic heterocycles. The average Bonchev–Trinajstić information content (AvgIpc) is 3.33. The second-order valence-electron chi connectivity index (χ2n) is 6.31. The van der Waals surface area contributed by atoms with Crippen molar-refractivity contribution in [1.82, 2.24) is 19.9 Å². The van der Waals surface area contributed by atoms with E-state index in [0.717, 1.165) is 29.4 Å². The van der Waals surface area contributed by atoms with Gasteiger partial charge in [0.05, 0.1) is 17.8 Å². The molecule has 0 aliphatic rings. The number of pyridine rings is 1. The number of carbonyl (C=O) groups excluding carboxylic acids is 1. The van der Waals surface area contributed by atoms with Crippen LogP contribution in [-0.2, 0) is 17.8 Å².